The maximum absolute atomic E-state index is 5.47. The zero-order valence-electron chi connectivity index (χ0n) is 16.4. The van der Waals surface area contributed by atoms with Crippen LogP contribution in [0.15, 0.2) is 48.3 Å². The summed E-state index contributed by atoms with van der Waals surface area (Å²) in [7, 11) is 1.65. The van der Waals surface area contributed by atoms with E-state index in [2.05, 4.69) is 67.2 Å². The maximum Gasteiger partial charge on any atom is 0.192 e. The molecule has 0 aliphatic carbocycles. The van der Waals surface area contributed by atoms with Crippen molar-refractivity contribution in [2.75, 3.05) is 13.7 Å². The molecule has 4 nitrogen and oxygen atoms in total. The number of hydrogen-bond acceptors (Lipinski definition) is 3. The fourth-order valence-electron chi connectivity index (χ4n) is 3.45. The number of nitrogens with one attached hydrogen (secondary N) is 1. The van der Waals surface area contributed by atoms with Crippen LogP contribution in [0.25, 0.3) is 28.6 Å². The Bertz CT molecular complexity index is 1080. The molecule has 2 aromatic carbocycles. The largest absolute Gasteiger partial charge is 0.482 e. The van der Waals surface area contributed by atoms with E-state index in [0.717, 1.165) is 28.7 Å². The van der Waals surface area contributed by atoms with Gasteiger partial charge in [-0.2, -0.15) is 0 Å². The van der Waals surface area contributed by atoms with Gasteiger partial charge in [0.05, 0.1) is 31.6 Å². The van der Waals surface area contributed by atoms with E-state index in [0.29, 0.717) is 13.1 Å². The lowest BCUT2D eigenvalue weighted by molar-refractivity contribution is 0.159. The Morgan fingerprint density at radius 1 is 1.07 bits per heavy atom. The first-order valence-electron chi connectivity index (χ1n) is 9.30. The molecule has 0 saturated heterocycles. The maximum atomic E-state index is 5.47. The minimum absolute atomic E-state index is 0.498. The van der Waals surface area contributed by atoms with Gasteiger partial charge in [0, 0.05) is 11.6 Å². The molecule has 0 saturated carbocycles. The summed E-state index contributed by atoms with van der Waals surface area (Å²) in [6.45, 7) is 5.44. The fraction of sp³-hybridized carbons (Fsp3) is 0.208. The number of imidazole rings is 1. The van der Waals surface area contributed by atoms with Gasteiger partial charge in [-0.15, -0.1) is 6.42 Å². The Hall–Kier alpha value is -3.45. The Kier molecular flexibility index (Phi) is 4.67. The number of terminal acetylenes is 1. The number of nitrogens with zero attached hydrogens (tertiary/aromatic N) is 2. The van der Waals surface area contributed by atoms with E-state index >= 15 is 0 Å². The van der Waals surface area contributed by atoms with E-state index in [1.54, 1.807) is 7.11 Å². The van der Waals surface area contributed by atoms with Crippen molar-refractivity contribution >= 4 is 6.08 Å². The highest BCUT2D eigenvalue weighted by atomic mass is 16.5. The Morgan fingerprint density at radius 3 is 2.46 bits per heavy atom. The van der Waals surface area contributed by atoms with Crippen LogP contribution in [-0.2, 0) is 11.3 Å². The molecule has 4 heteroatoms. The molecule has 1 aromatic heterocycles. The average molecular weight is 369 g/mol. The first kappa shape index (κ1) is 17.9. The highest BCUT2D eigenvalue weighted by Crippen LogP contribution is 2.28. The molecule has 140 valence electrons. The normalized spacial score (nSPS) is 12.9. The van der Waals surface area contributed by atoms with Gasteiger partial charge in [-0.05, 0) is 36.1 Å². The average Bonchev–Trinajstić information content (AvgIpc) is 3.12. The Labute approximate surface area is 165 Å². The van der Waals surface area contributed by atoms with Gasteiger partial charge in [0.2, 0.25) is 0 Å². The fourth-order valence-corrected chi connectivity index (χ4v) is 3.45. The van der Waals surface area contributed by atoms with Crippen LogP contribution in [0, 0.1) is 26.2 Å². The molecule has 1 aliphatic heterocycles. The zero-order chi connectivity index (χ0) is 19.7. The number of aromatic amines is 1. The highest BCUT2D eigenvalue weighted by Gasteiger charge is 2.21. The van der Waals surface area contributed by atoms with Gasteiger partial charge in [-0.1, -0.05) is 48.4 Å². The number of rotatable bonds is 4. The predicted molar refractivity (Wildman–Crippen MR) is 113 cm³/mol. The molecule has 0 bridgehead atoms. The molecule has 2 heterocycles. The topological polar surface area (TPSA) is 41.2 Å². The lowest BCUT2D eigenvalue weighted by atomic mass is 9.99. The quantitative estimate of drug-likeness (QED) is 0.675. The minimum Gasteiger partial charge on any atom is -0.482 e. The summed E-state index contributed by atoms with van der Waals surface area (Å²) in [5.41, 5.74) is 8.04. The van der Waals surface area contributed by atoms with Gasteiger partial charge in [-0.3, -0.25) is 0 Å². The van der Waals surface area contributed by atoms with Crippen molar-refractivity contribution in [3.63, 3.8) is 0 Å². The van der Waals surface area contributed by atoms with E-state index in [1.807, 2.05) is 11.0 Å². The molecular weight excluding hydrogens is 346 g/mol. The van der Waals surface area contributed by atoms with Crippen LogP contribution >= 0.6 is 0 Å². The van der Waals surface area contributed by atoms with Crippen LogP contribution in [0.1, 0.15) is 22.5 Å². The van der Waals surface area contributed by atoms with Gasteiger partial charge in [0.15, 0.2) is 5.88 Å². The summed E-state index contributed by atoms with van der Waals surface area (Å²) in [5, 5.41) is 0. The van der Waals surface area contributed by atoms with Crippen molar-refractivity contribution in [1.82, 2.24) is 14.9 Å². The van der Waals surface area contributed by atoms with Crippen LogP contribution in [0.2, 0.25) is 0 Å². The third-order valence-corrected chi connectivity index (χ3v) is 5.22. The Balaban J connectivity index is 1.62. The number of fused-ring (bicyclic) bond motifs is 1. The lowest BCUT2D eigenvalue weighted by Crippen LogP contribution is -2.27. The third-order valence-electron chi connectivity index (χ3n) is 5.22. The molecule has 0 radical (unpaired) electrons. The predicted octanol–water partition coefficient (Wildman–Crippen LogP) is 4.75. The molecule has 0 spiro atoms. The van der Waals surface area contributed by atoms with Crippen LogP contribution in [0.4, 0.5) is 0 Å². The molecule has 0 atom stereocenters. The van der Waals surface area contributed by atoms with E-state index < -0.39 is 0 Å². The van der Waals surface area contributed by atoms with Crippen molar-refractivity contribution in [3.8, 4) is 34.9 Å². The van der Waals surface area contributed by atoms with Gasteiger partial charge >= 0.3 is 0 Å². The second kappa shape index (κ2) is 7.28. The molecule has 0 fully saturated rings. The van der Waals surface area contributed by atoms with Gasteiger partial charge in [0.1, 0.15) is 5.82 Å². The molecular formula is C24H23N3O. The number of hydrogen-bond donors (Lipinski definition) is 1. The van der Waals surface area contributed by atoms with Crippen LogP contribution in [0.3, 0.4) is 0 Å². The summed E-state index contributed by atoms with van der Waals surface area (Å²) in [4.78, 5) is 10.2. The summed E-state index contributed by atoms with van der Waals surface area (Å²) in [6.07, 6.45) is 7.40. The van der Waals surface area contributed by atoms with Crippen molar-refractivity contribution in [3.05, 3.63) is 70.9 Å². The number of methoxy groups -OCH3 is 1. The standard InChI is InChI=1S/C24H23N3O/c1-5-12-27-15-22-21(14-23(27)28-4)25-24(26-22)19-10-8-18(9-11-19)20-7-6-16(2)17(3)13-20/h1,6-11,13-14H,12,15H2,2-4H3,(H,25,26). The number of ether oxygens (including phenoxy) is 1. The van der Waals surface area contributed by atoms with E-state index in [4.69, 9.17) is 16.1 Å². The van der Waals surface area contributed by atoms with Crippen LogP contribution in [-0.4, -0.2) is 28.5 Å². The Morgan fingerprint density at radius 2 is 1.79 bits per heavy atom. The van der Waals surface area contributed by atoms with E-state index in [1.165, 1.54) is 22.3 Å². The first-order valence-corrected chi connectivity index (χ1v) is 9.30. The van der Waals surface area contributed by atoms with Crippen LogP contribution < -0.4 is 0 Å². The highest BCUT2D eigenvalue weighted by molar-refractivity contribution is 5.69. The minimum atomic E-state index is 0.498. The van der Waals surface area contributed by atoms with E-state index in [9.17, 15) is 0 Å². The summed E-state index contributed by atoms with van der Waals surface area (Å²) in [6, 6.07) is 15.1. The molecule has 1 N–H and O–H groups in total. The summed E-state index contributed by atoms with van der Waals surface area (Å²) >= 11 is 0. The van der Waals surface area contributed by atoms with Gasteiger partial charge < -0.3 is 14.6 Å². The van der Waals surface area contributed by atoms with Gasteiger partial charge in [0.25, 0.3) is 0 Å². The second-order valence-corrected chi connectivity index (χ2v) is 7.07. The zero-order valence-corrected chi connectivity index (χ0v) is 16.4. The molecule has 4 rings (SSSR count). The number of benzene rings is 2. The molecule has 1 aliphatic rings. The first-order chi connectivity index (χ1) is 13.6. The van der Waals surface area contributed by atoms with Crippen LogP contribution in [0.5, 0.6) is 0 Å². The monoisotopic (exact) mass is 369 g/mol. The van der Waals surface area contributed by atoms with Gasteiger partial charge in [-0.25, -0.2) is 4.98 Å². The molecule has 0 amide bonds. The number of H-pyrrole nitrogens is 1. The molecule has 28 heavy (non-hydrogen) atoms. The van der Waals surface area contributed by atoms with E-state index in [-0.39, 0.29) is 0 Å². The van der Waals surface area contributed by atoms with Crippen molar-refractivity contribution in [1.29, 1.82) is 0 Å². The van der Waals surface area contributed by atoms with Crippen molar-refractivity contribution in [2.45, 2.75) is 20.4 Å². The molecule has 0 unspecified atom stereocenters. The second-order valence-electron chi connectivity index (χ2n) is 7.07. The summed E-state index contributed by atoms with van der Waals surface area (Å²) < 4.78 is 5.45. The molecule has 3 aromatic rings. The lowest BCUT2D eigenvalue weighted by Gasteiger charge is -2.26. The smallest absolute Gasteiger partial charge is 0.192 e. The SMILES string of the molecule is C#CCN1Cc2[nH]c(-c3ccc(-c4ccc(C)c(C)c4)cc3)nc2C=C1OC. The number of aromatic nitrogens is 2. The summed E-state index contributed by atoms with van der Waals surface area (Å²) in [5.74, 6) is 4.27. The van der Waals surface area contributed by atoms with Crippen molar-refractivity contribution < 1.29 is 4.74 Å². The van der Waals surface area contributed by atoms with Crippen molar-refractivity contribution in [2.24, 2.45) is 0 Å². The number of aryl methyl sites for hydroxylation is 2. The third kappa shape index (κ3) is 3.27.